The molecule has 1 heterocycles. The van der Waals surface area contributed by atoms with E-state index < -0.39 is 5.91 Å². The van der Waals surface area contributed by atoms with Gasteiger partial charge in [0.05, 0.1) is 4.21 Å². The first-order valence-electron chi connectivity index (χ1n) is 8.06. The largest absolute Gasteiger partial charge is 0.321 e. The number of hydrogen-bond donors (Lipinski definition) is 1. The summed E-state index contributed by atoms with van der Waals surface area (Å²) in [5.41, 5.74) is 1.84. The number of aryl methyl sites for hydroxylation is 1. The summed E-state index contributed by atoms with van der Waals surface area (Å²) in [5, 5.41) is 12.8. The fourth-order valence-electron chi connectivity index (χ4n) is 2.21. The van der Waals surface area contributed by atoms with Crippen molar-refractivity contribution in [3.05, 3.63) is 81.7 Å². The van der Waals surface area contributed by atoms with Gasteiger partial charge in [-0.25, -0.2) is 0 Å². The summed E-state index contributed by atoms with van der Waals surface area (Å²) < 4.78 is 1.07. The molecule has 0 bridgehead atoms. The number of nitrogens with one attached hydrogen (secondary N) is 1. The molecule has 6 heteroatoms. The fraction of sp³-hybridized carbons (Fsp3) is 0.0476. The molecule has 3 aromatic rings. The highest BCUT2D eigenvalue weighted by molar-refractivity contribution is 8.01. The average Bonchev–Trinajstić information content (AvgIpc) is 3.10. The quantitative estimate of drug-likeness (QED) is 0.390. The second-order valence-corrected chi connectivity index (χ2v) is 8.63. The number of amides is 1. The van der Waals surface area contributed by atoms with Crippen LogP contribution >= 0.6 is 34.7 Å². The molecule has 0 aliphatic carbocycles. The molecule has 134 valence electrons. The van der Waals surface area contributed by atoms with Crippen LogP contribution in [0.4, 0.5) is 5.69 Å². The summed E-state index contributed by atoms with van der Waals surface area (Å²) in [6.07, 6.45) is 1.61. The van der Waals surface area contributed by atoms with Crippen molar-refractivity contribution in [1.29, 1.82) is 5.26 Å². The first kappa shape index (κ1) is 19.2. The summed E-state index contributed by atoms with van der Waals surface area (Å²) >= 11 is 9.04. The molecule has 0 spiro atoms. The minimum atomic E-state index is -0.415. The van der Waals surface area contributed by atoms with Crippen LogP contribution in [0.5, 0.6) is 0 Å². The Balaban J connectivity index is 1.71. The van der Waals surface area contributed by atoms with Crippen molar-refractivity contribution in [2.24, 2.45) is 0 Å². The van der Waals surface area contributed by atoms with Crippen LogP contribution in [0.15, 0.2) is 75.3 Å². The lowest BCUT2D eigenvalue weighted by Gasteiger charge is -2.04. The van der Waals surface area contributed by atoms with Gasteiger partial charge in [0.25, 0.3) is 5.91 Å². The van der Waals surface area contributed by atoms with E-state index in [0.717, 1.165) is 19.5 Å². The van der Waals surface area contributed by atoms with E-state index in [4.69, 9.17) is 11.6 Å². The Kier molecular flexibility index (Phi) is 6.36. The molecule has 0 aliphatic rings. The van der Waals surface area contributed by atoms with Gasteiger partial charge in [-0.15, -0.1) is 11.3 Å². The van der Waals surface area contributed by atoms with E-state index in [2.05, 4.69) is 5.32 Å². The van der Waals surface area contributed by atoms with Gasteiger partial charge < -0.3 is 5.32 Å². The van der Waals surface area contributed by atoms with Crippen LogP contribution in [-0.4, -0.2) is 5.91 Å². The van der Waals surface area contributed by atoms with Crippen LogP contribution in [0.3, 0.4) is 0 Å². The third kappa shape index (κ3) is 5.48. The van der Waals surface area contributed by atoms with Crippen molar-refractivity contribution >= 4 is 52.4 Å². The van der Waals surface area contributed by atoms with E-state index >= 15 is 0 Å². The lowest BCUT2D eigenvalue weighted by molar-refractivity contribution is -0.112. The van der Waals surface area contributed by atoms with E-state index in [1.807, 2.05) is 73.7 Å². The Morgan fingerprint density at radius 3 is 2.48 bits per heavy atom. The maximum absolute atomic E-state index is 12.3. The van der Waals surface area contributed by atoms with Crippen LogP contribution in [-0.2, 0) is 4.79 Å². The number of carbonyl (C=O) groups excluding carboxylic acids is 1. The summed E-state index contributed by atoms with van der Waals surface area (Å²) in [6, 6.07) is 20.9. The Morgan fingerprint density at radius 2 is 1.81 bits per heavy atom. The van der Waals surface area contributed by atoms with Crippen molar-refractivity contribution in [3.63, 3.8) is 0 Å². The molecule has 1 aromatic heterocycles. The summed E-state index contributed by atoms with van der Waals surface area (Å²) in [7, 11) is 0. The normalized spacial score (nSPS) is 11.1. The fourth-order valence-corrected chi connectivity index (χ4v) is 4.40. The van der Waals surface area contributed by atoms with Gasteiger partial charge in [-0.2, -0.15) is 5.26 Å². The van der Waals surface area contributed by atoms with Crippen molar-refractivity contribution in [2.45, 2.75) is 16.0 Å². The highest BCUT2D eigenvalue weighted by atomic mass is 35.5. The number of hydrogen-bond acceptors (Lipinski definition) is 4. The zero-order chi connectivity index (χ0) is 19.2. The maximum atomic E-state index is 12.3. The zero-order valence-electron chi connectivity index (χ0n) is 14.4. The predicted molar refractivity (Wildman–Crippen MR) is 113 cm³/mol. The molecule has 1 amide bonds. The molecule has 0 saturated carbocycles. The van der Waals surface area contributed by atoms with E-state index in [1.165, 1.54) is 11.3 Å². The van der Waals surface area contributed by atoms with Gasteiger partial charge in [0.15, 0.2) is 0 Å². The van der Waals surface area contributed by atoms with Crippen molar-refractivity contribution < 1.29 is 4.79 Å². The van der Waals surface area contributed by atoms with Crippen LogP contribution < -0.4 is 5.32 Å². The first-order chi connectivity index (χ1) is 13.0. The molecule has 3 nitrogen and oxygen atoms in total. The maximum Gasteiger partial charge on any atom is 0.266 e. The third-order valence-electron chi connectivity index (χ3n) is 3.60. The zero-order valence-corrected chi connectivity index (χ0v) is 16.8. The Bertz CT molecular complexity index is 1020. The highest BCUT2D eigenvalue weighted by Gasteiger charge is 2.10. The molecule has 2 aromatic carbocycles. The number of nitriles is 1. The number of benzene rings is 2. The minimum absolute atomic E-state index is 0.0699. The molecular formula is C21H15ClN2OS2. The predicted octanol–water partition coefficient (Wildman–Crippen LogP) is 6.41. The molecule has 0 unspecified atom stereocenters. The standard InChI is InChI=1S/C21H15ClN2OS2/c1-14-2-6-17(7-3-14)24-21(25)15(13-23)12-19-10-11-20(27-19)26-18-8-4-16(22)5-9-18/h2-12H,1H3,(H,24,25)/b15-12-. The van der Waals surface area contributed by atoms with Gasteiger partial charge in [-0.1, -0.05) is 41.1 Å². The Morgan fingerprint density at radius 1 is 1.11 bits per heavy atom. The van der Waals surface area contributed by atoms with Gasteiger partial charge >= 0.3 is 0 Å². The van der Waals surface area contributed by atoms with Crippen molar-refractivity contribution in [1.82, 2.24) is 0 Å². The van der Waals surface area contributed by atoms with Crippen molar-refractivity contribution in [2.75, 3.05) is 5.32 Å². The number of rotatable bonds is 5. The molecule has 0 fully saturated rings. The van der Waals surface area contributed by atoms with E-state index in [9.17, 15) is 10.1 Å². The number of thiophene rings is 1. The number of halogens is 1. The van der Waals surface area contributed by atoms with E-state index in [0.29, 0.717) is 10.7 Å². The second-order valence-electron chi connectivity index (χ2n) is 5.70. The summed E-state index contributed by atoms with van der Waals surface area (Å²) in [6.45, 7) is 1.97. The Labute approximate surface area is 171 Å². The van der Waals surface area contributed by atoms with Crippen LogP contribution in [0.2, 0.25) is 5.02 Å². The SMILES string of the molecule is Cc1ccc(NC(=O)/C(C#N)=C\c2ccc(Sc3ccc(Cl)cc3)s2)cc1. The molecular weight excluding hydrogens is 396 g/mol. The third-order valence-corrected chi connectivity index (χ3v) is 6.02. The van der Waals surface area contributed by atoms with Crippen LogP contribution in [0, 0.1) is 18.3 Å². The van der Waals surface area contributed by atoms with Crippen molar-refractivity contribution in [3.8, 4) is 6.07 Å². The van der Waals surface area contributed by atoms with E-state index in [-0.39, 0.29) is 5.57 Å². The molecule has 1 N–H and O–H groups in total. The number of anilines is 1. The summed E-state index contributed by atoms with van der Waals surface area (Å²) in [5.74, 6) is -0.415. The molecule has 27 heavy (non-hydrogen) atoms. The molecule has 3 rings (SSSR count). The van der Waals surface area contributed by atoms with Gasteiger partial charge in [0, 0.05) is 20.5 Å². The molecule has 0 atom stereocenters. The number of nitrogens with zero attached hydrogens (tertiary/aromatic N) is 1. The average molecular weight is 411 g/mol. The molecule has 0 saturated heterocycles. The molecule has 0 aliphatic heterocycles. The second kappa shape index (κ2) is 8.92. The highest BCUT2D eigenvalue weighted by Crippen LogP contribution is 2.34. The Hall–Kier alpha value is -2.52. The minimum Gasteiger partial charge on any atom is -0.321 e. The van der Waals surface area contributed by atoms with Crippen LogP contribution in [0.1, 0.15) is 10.4 Å². The van der Waals surface area contributed by atoms with Gasteiger partial charge in [0.2, 0.25) is 0 Å². The lowest BCUT2D eigenvalue weighted by Crippen LogP contribution is -2.13. The van der Waals surface area contributed by atoms with Gasteiger partial charge in [0.1, 0.15) is 11.6 Å². The number of carbonyl (C=O) groups is 1. The van der Waals surface area contributed by atoms with E-state index in [1.54, 1.807) is 17.8 Å². The topological polar surface area (TPSA) is 52.9 Å². The summed E-state index contributed by atoms with van der Waals surface area (Å²) in [4.78, 5) is 14.3. The lowest BCUT2D eigenvalue weighted by atomic mass is 10.2. The smallest absolute Gasteiger partial charge is 0.266 e. The van der Waals surface area contributed by atoms with Gasteiger partial charge in [-0.05, 0) is 61.5 Å². The molecule has 0 radical (unpaired) electrons. The first-order valence-corrected chi connectivity index (χ1v) is 10.1. The monoisotopic (exact) mass is 410 g/mol. The van der Waals surface area contributed by atoms with Crippen LogP contribution in [0.25, 0.3) is 6.08 Å². The van der Waals surface area contributed by atoms with Gasteiger partial charge in [-0.3, -0.25) is 4.79 Å².